The summed E-state index contributed by atoms with van der Waals surface area (Å²) in [6.07, 6.45) is 1.79. The zero-order chi connectivity index (χ0) is 18.8. The van der Waals surface area contributed by atoms with Gasteiger partial charge in [-0.2, -0.15) is 0 Å². The van der Waals surface area contributed by atoms with E-state index in [1.165, 1.54) is 5.56 Å². The Morgan fingerprint density at radius 2 is 1.89 bits per heavy atom. The van der Waals surface area contributed by atoms with Crippen molar-refractivity contribution in [1.29, 1.82) is 0 Å². The van der Waals surface area contributed by atoms with Crippen LogP contribution in [-0.4, -0.2) is 15.5 Å². The van der Waals surface area contributed by atoms with E-state index in [4.69, 9.17) is 11.6 Å². The Bertz CT molecular complexity index is 1120. The fourth-order valence-electron chi connectivity index (χ4n) is 3.02. The molecule has 4 rings (SSSR count). The molecule has 0 saturated heterocycles. The molecule has 0 radical (unpaired) electrons. The van der Waals surface area contributed by atoms with E-state index in [-0.39, 0.29) is 5.91 Å². The van der Waals surface area contributed by atoms with Crippen molar-refractivity contribution in [1.82, 2.24) is 14.9 Å². The standard InChI is InChI=1S/C22H18ClN3O/c1-15-3-2-4-19(11-15)26-14-25-20-12-17(7-10-21(20)26)22(27)24-13-16-5-8-18(23)9-6-16/h2-12,14H,13H2,1H3,(H,24,27). The SMILES string of the molecule is Cc1cccc(-n2cnc3cc(C(=O)NCc4ccc(Cl)cc4)ccc32)c1. The lowest BCUT2D eigenvalue weighted by atomic mass is 10.1. The summed E-state index contributed by atoms with van der Waals surface area (Å²) in [5.41, 5.74) is 5.58. The zero-order valence-corrected chi connectivity index (χ0v) is 15.6. The molecule has 5 heteroatoms. The van der Waals surface area contributed by atoms with Gasteiger partial charge in [0.15, 0.2) is 0 Å². The second-order valence-electron chi connectivity index (χ2n) is 6.47. The number of aromatic nitrogens is 2. The second-order valence-corrected chi connectivity index (χ2v) is 6.90. The Kier molecular flexibility index (Phi) is 4.65. The number of halogens is 1. The molecule has 134 valence electrons. The Labute approximate surface area is 162 Å². The molecular formula is C22H18ClN3O. The third-order valence-electron chi connectivity index (χ3n) is 4.46. The fourth-order valence-corrected chi connectivity index (χ4v) is 3.15. The molecule has 1 amide bonds. The van der Waals surface area contributed by atoms with E-state index in [0.29, 0.717) is 17.1 Å². The Morgan fingerprint density at radius 3 is 2.67 bits per heavy atom. The lowest BCUT2D eigenvalue weighted by Gasteiger charge is -2.07. The first kappa shape index (κ1) is 17.3. The molecule has 4 nitrogen and oxygen atoms in total. The Hall–Kier alpha value is -3.11. The van der Waals surface area contributed by atoms with Gasteiger partial charge in [0.25, 0.3) is 5.91 Å². The highest BCUT2D eigenvalue weighted by molar-refractivity contribution is 6.30. The Balaban J connectivity index is 1.55. The summed E-state index contributed by atoms with van der Waals surface area (Å²) in [5.74, 6) is -0.128. The number of carbonyl (C=O) groups excluding carboxylic acids is 1. The number of fused-ring (bicyclic) bond motifs is 1. The van der Waals surface area contributed by atoms with Gasteiger partial charge in [-0.15, -0.1) is 0 Å². The van der Waals surface area contributed by atoms with Crippen LogP contribution in [-0.2, 0) is 6.54 Å². The van der Waals surface area contributed by atoms with Crippen molar-refractivity contribution < 1.29 is 4.79 Å². The number of carbonyl (C=O) groups is 1. The number of hydrogen-bond donors (Lipinski definition) is 1. The van der Waals surface area contributed by atoms with Crippen molar-refractivity contribution in [3.8, 4) is 5.69 Å². The van der Waals surface area contributed by atoms with Crippen molar-refractivity contribution in [2.45, 2.75) is 13.5 Å². The van der Waals surface area contributed by atoms with Crippen molar-refractivity contribution in [3.63, 3.8) is 0 Å². The quantitative estimate of drug-likeness (QED) is 0.550. The van der Waals surface area contributed by atoms with Crippen LogP contribution in [0.3, 0.4) is 0 Å². The minimum atomic E-state index is -0.128. The van der Waals surface area contributed by atoms with Crippen molar-refractivity contribution in [2.75, 3.05) is 0 Å². The average molecular weight is 376 g/mol. The van der Waals surface area contributed by atoms with E-state index >= 15 is 0 Å². The van der Waals surface area contributed by atoms with Crippen LogP contribution in [0.1, 0.15) is 21.5 Å². The number of rotatable bonds is 4. The summed E-state index contributed by atoms with van der Waals surface area (Å²) in [7, 11) is 0. The monoisotopic (exact) mass is 375 g/mol. The maximum atomic E-state index is 12.5. The van der Waals surface area contributed by atoms with Crippen LogP contribution in [0.2, 0.25) is 5.02 Å². The molecule has 0 aliphatic heterocycles. The third-order valence-corrected chi connectivity index (χ3v) is 4.71. The number of imidazole rings is 1. The maximum Gasteiger partial charge on any atom is 0.251 e. The summed E-state index contributed by atoms with van der Waals surface area (Å²) in [4.78, 5) is 16.9. The lowest BCUT2D eigenvalue weighted by molar-refractivity contribution is 0.0951. The number of amides is 1. The van der Waals surface area contributed by atoms with Crippen LogP contribution < -0.4 is 5.32 Å². The smallest absolute Gasteiger partial charge is 0.251 e. The highest BCUT2D eigenvalue weighted by Crippen LogP contribution is 2.20. The van der Waals surface area contributed by atoms with Gasteiger partial charge >= 0.3 is 0 Å². The topological polar surface area (TPSA) is 46.9 Å². The van der Waals surface area contributed by atoms with Crippen LogP contribution in [0.15, 0.2) is 73.1 Å². The summed E-state index contributed by atoms with van der Waals surface area (Å²) in [6, 6.07) is 21.2. The molecule has 0 aliphatic rings. The molecule has 0 fully saturated rings. The van der Waals surface area contributed by atoms with Crippen molar-refractivity contribution in [3.05, 3.63) is 94.8 Å². The number of aryl methyl sites for hydroxylation is 1. The van der Waals surface area contributed by atoms with Gasteiger partial charge < -0.3 is 5.32 Å². The lowest BCUT2D eigenvalue weighted by Crippen LogP contribution is -2.22. The van der Waals surface area contributed by atoms with Gasteiger partial charge in [0.2, 0.25) is 0 Å². The first-order valence-corrected chi connectivity index (χ1v) is 9.05. The van der Waals surface area contributed by atoms with Gasteiger partial charge in [-0.1, -0.05) is 35.9 Å². The van der Waals surface area contributed by atoms with Crippen LogP contribution in [0, 0.1) is 6.92 Å². The second kappa shape index (κ2) is 7.25. The molecule has 1 N–H and O–H groups in total. The first-order chi connectivity index (χ1) is 13.1. The summed E-state index contributed by atoms with van der Waals surface area (Å²) < 4.78 is 2.03. The fraction of sp³-hybridized carbons (Fsp3) is 0.0909. The molecule has 1 aromatic heterocycles. The predicted octanol–water partition coefficient (Wildman–Crippen LogP) is 4.92. The molecule has 3 aromatic carbocycles. The zero-order valence-electron chi connectivity index (χ0n) is 14.8. The largest absolute Gasteiger partial charge is 0.348 e. The van der Waals surface area contributed by atoms with Gasteiger partial charge in [0, 0.05) is 22.8 Å². The molecule has 0 unspecified atom stereocenters. The minimum absolute atomic E-state index is 0.128. The molecule has 0 saturated carbocycles. The molecule has 0 bridgehead atoms. The summed E-state index contributed by atoms with van der Waals surface area (Å²) in [5, 5.41) is 3.61. The Morgan fingerprint density at radius 1 is 1.07 bits per heavy atom. The van der Waals surface area contributed by atoms with E-state index < -0.39 is 0 Å². The highest BCUT2D eigenvalue weighted by Gasteiger charge is 2.10. The molecule has 4 aromatic rings. The van der Waals surface area contributed by atoms with Crippen LogP contribution in [0.5, 0.6) is 0 Å². The molecule has 0 atom stereocenters. The summed E-state index contributed by atoms with van der Waals surface area (Å²) >= 11 is 5.88. The van der Waals surface area contributed by atoms with Gasteiger partial charge in [0.05, 0.1) is 11.0 Å². The number of nitrogens with one attached hydrogen (secondary N) is 1. The van der Waals surface area contributed by atoms with Gasteiger partial charge in [-0.25, -0.2) is 4.98 Å². The summed E-state index contributed by atoms with van der Waals surface area (Å²) in [6.45, 7) is 2.51. The normalized spacial score (nSPS) is 10.9. The van der Waals surface area contributed by atoms with Gasteiger partial charge in [-0.3, -0.25) is 9.36 Å². The molecule has 1 heterocycles. The van der Waals surface area contributed by atoms with Crippen molar-refractivity contribution >= 4 is 28.5 Å². The number of nitrogens with zero attached hydrogens (tertiary/aromatic N) is 2. The molecular weight excluding hydrogens is 358 g/mol. The first-order valence-electron chi connectivity index (χ1n) is 8.67. The van der Waals surface area contributed by atoms with E-state index in [2.05, 4.69) is 29.4 Å². The number of hydrogen-bond acceptors (Lipinski definition) is 2. The molecule has 0 aliphatic carbocycles. The van der Waals surface area contributed by atoms with E-state index in [1.54, 1.807) is 6.33 Å². The van der Waals surface area contributed by atoms with Crippen LogP contribution in [0.25, 0.3) is 16.7 Å². The van der Waals surface area contributed by atoms with Crippen LogP contribution >= 0.6 is 11.6 Å². The van der Waals surface area contributed by atoms with E-state index in [9.17, 15) is 4.79 Å². The minimum Gasteiger partial charge on any atom is -0.348 e. The van der Waals surface area contributed by atoms with Crippen molar-refractivity contribution in [2.24, 2.45) is 0 Å². The molecule has 27 heavy (non-hydrogen) atoms. The third kappa shape index (κ3) is 3.71. The van der Waals surface area contributed by atoms with Gasteiger partial charge in [-0.05, 0) is 60.5 Å². The van der Waals surface area contributed by atoms with Gasteiger partial charge in [0.1, 0.15) is 6.33 Å². The van der Waals surface area contributed by atoms with Crippen LogP contribution in [0.4, 0.5) is 0 Å². The van der Waals surface area contributed by atoms with E-state index in [0.717, 1.165) is 22.3 Å². The maximum absolute atomic E-state index is 12.5. The highest BCUT2D eigenvalue weighted by atomic mass is 35.5. The number of benzene rings is 3. The molecule has 0 spiro atoms. The van der Waals surface area contributed by atoms with E-state index in [1.807, 2.05) is 59.2 Å². The average Bonchev–Trinajstić information content (AvgIpc) is 3.10. The predicted molar refractivity (Wildman–Crippen MR) is 108 cm³/mol.